The zero-order chi connectivity index (χ0) is 13.0. The highest BCUT2D eigenvalue weighted by Crippen LogP contribution is 2.19. The third kappa shape index (κ3) is 2.90. The Bertz CT molecular complexity index is 494. The van der Waals surface area contributed by atoms with E-state index in [4.69, 9.17) is 10.2 Å². The largest absolute Gasteiger partial charge is 0.467 e. The molecule has 2 aromatic heterocycles. The maximum absolute atomic E-state index is 5.55. The van der Waals surface area contributed by atoms with Crippen LogP contribution >= 0.6 is 0 Å². The van der Waals surface area contributed by atoms with Crippen molar-refractivity contribution < 1.29 is 4.42 Å². The van der Waals surface area contributed by atoms with E-state index in [1.807, 2.05) is 25.4 Å². The second-order valence-corrected chi connectivity index (χ2v) is 4.46. The molecule has 0 aromatic carbocycles. The number of anilines is 1. The van der Waals surface area contributed by atoms with E-state index < -0.39 is 0 Å². The summed E-state index contributed by atoms with van der Waals surface area (Å²) in [6.07, 6.45) is 4.46. The minimum absolute atomic E-state index is 0.655. The van der Waals surface area contributed by atoms with E-state index in [1.54, 1.807) is 6.26 Å². The van der Waals surface area contributed by atoms with Crippen molar-refractivity contribution in [3.05, 3.63) is 47.5 Å². The molecular weight excluding hydrogens is 226 g/mol. The Balaban J connectivity index is 2.12. The predicted octanol–water partition coefficient (Wildman–Crippen LogP) is 2.12. The molecule has 18 heavy (non-hydrogen) atoms. The highest BCUT2D eigenvalue weighted by molar-refractivity contribution is 5.46. The predicted molar refractivity (Wildman–Crippen MR) is 72.5 cm³/mol. The zero-order valence-electron chi connectivity index (χ0n) is 10.9. The lowest BCUT2D eigenvalue weighted by Gasteiger charge is -2.19. The minimum atomic E-state index is 0.655. The van der Waals surface area contributed by atoms with Gasteiger partial charge in [0.1, 0.15) is 11.6 Å². The van der Waals surface area contributed by atoms with Crippen molar-refractivity contribution in [3.8, 4) is 0 Å². The molecule has 0 fully saturated rings. The lowest BCUT2D eigenvalue weighted by atomic mass is 10.1. The van der Waals surface area contributed by atoms with Crippen molar-refractivity contribution >= 4 is 5.82 Å². The van der Waals surface area contributed by atoms with Crippen LogP contribution in [0.4, 0.5) is 5.82 Å². The molecule has 0 amide bonds. The monoisotopic (exact) mass is 245 g/mol. The molecule has 4 nitrogen and oxygen atoms in total. The van der Waals surface area contributed by atoms with Gasteiger partial charge in [0.25, 0.3) is 0 Å². The summed E-state index contributed by atoms with van der Waals surface area (Å²) >= 11 is 0. The van der Waals surface area contributed by atoms with Crippen molar-refractivity contribution in [3.63, 3.8) is 0 Å². The summed E-state index contributed by atoms with van der Waals surface area (Å²) in [6, 6.07) is 6.01. The number of hydrogen-bond donors (Lipinski definition) is 1. The van der Waals surface area contributed by atoms with Gasteiger partial charge in [-0.05, 0) is 43.1 Å². The Labute approximate surface area is 107 Å². The summed E-state index contributed by atoms with van der Waals surface area (Å²) in [7, 11) is 2.01. The standard InChI is InChI=1S/C14H19N3O/c1-11-8-12(5-6-15)9-16-14(11)17(2)10-13-4-3-7-18-13/h3-4,7-9H,5-6,10,15H2,1-2H3. The van der Waals surface area contributed by atoms with Crippen LogP contribution in [0.5, 0.6) is 0 Å². The third-order valence-electron chi connectivity index (χ3n) is 2.87. The highest BCUT2D eigenvalue weighted by Gasteiger charge is 2.09. The first-order valence-electron chi connectivity index (χ1n) is 6.10. The lowest BCUT2D eigenvalue weighted by Crippen LogP contribution is -2.18. The Hall–Kier alpha value is -1.81. The first-order valence-corrected chi connectivity index (χ1v) is 6.10. The molecule has 0 bridgehead atoms. The Morgan fingerprint density at radius 2 is 2.28 bits per heavy atom. The third-order valence-corrected chi connectivity index (χ3v) is 2.87. The average molecular weight is 245 g/mol. The molecule has 96 valence electrons. The fourth-order valence-corrected chi connectivity index (χ4v) is 2.04. The SMILES string of the molecule is Cc1cc(CCN)cnc1N(C)Cc1ccco1. The quantitative estimate of drug-likeness (QED) is 0.876. The Kier molecular flexibility index (Phi) is 3.99. The first kappa shape index (κ1) is 12.6. The molecule has 0 aliphatic rings. The molecule has 2 heterocycles. The van der Waals surface area contributed by atoms with E-state index in [2.05, 4.69) is 22.9 Å². The fraction of sp³-hybridized carbons (Fsp3) is 0.357. The van der Waals surface area contributed by atoms with E-state index in [0.717, 1.165) is 30.1 Å². The van der Waals surface area contributed by atoms with Crippen molar-refractivity contribution in [2.24, 2.45) is 5.73 Å². The van der Waals surface area contributed by atoms with Gasteiger partial charge in [0, 0.05) is 13.2 Å². The maximum atomic E-state index is 5.55. The molecule has 0 atom stereocenters. The molecule has 0 unspecified atom stereocenters. The average Bonchev–Trinajstić information content (AvgIpc) is 2.82. The first-order chi connectivity index (χ1) is 8.70. The number of rotatable bonds is 5. The normalized spacial score (nSPS) is 10.6. The molecule has 0 spiro atoms. The van der Waals surface area contributed by atoms with Gasteiger partial charge in [-0.1, -0.05) is 6.07 Å². The van der Waals surface area contributed by atoms with Gasteiger partial charge in [-0.3, -0.25) is 0 Å². The molecule has 0 saturated carbocycles. The van der Waals surface area contributed by atoms with Crippen LogP contribution in [-0.2, 0) is 13.0 Å². The van der Waals surface area contributed by atoms with Crippen LogP contribution in [0.2, 0.25) is 0 Å². The van der Waals surface area contributed by atoms with Gasteiger partial charge in [0.05, 0.1) is 12.8 Å². The van der Waals surface area contributed by atoms with Crippen molar-refractivity contribution in [1.29, 1.82) is 0 Å². The number of nitrogens with two attached hydrogens (primary N) is 1. The van der Waals surface area contributed by atoms with Gasteiger partial charge < -0.3 is 15.1 Å². The van der Waals surface area contributed by atoms with Crippen LogP contribution in [-0.4, -0.2) is 18.6 Å². The fourth-order valence-electron chi connectivity index (χ4n) is 2.04. The number of aromatic nitrogens is 1. The van der Waals surface area contributed by atoms with E-state index in [1.165, 1.54) is 5.56 Å². The van der Waals surface area contributed by atoms with Crippen LogP contribution in [0.25, 0.3) is 0 Å². The molecular formula is C14H19N3O. The van der Waals surface area contributed by atoms with Crippen LogP contribution in [0, 0.1) is 6.92 Å². The van der Waals surface area contributed by atoms with Crippen molar-refractivity contribution in [2.75, 3.05) is 18.5 Å². The van der Waals surface area contributed by atoms with Crippen molar-refractivity contribution in [2.45, 2.75) is 19.9 Å². The van der Waals surface area contributed by atoms with E-state index in [9.17, 15) is 0 Å². The smallest absolute Gasteiger partial charge is 0.131 e. The van der Waals surface area contributed by atoms with E-state index in [0.29, 0.717) is 6.54 Å². The van der Waals surface area contributed by atoms with Crippen LogP contribution in [0.1, 0.15) is 16.9 Å². The van der Waals surface area contributed by atoms with Crippen LogP contribution in [0.3, 0.4) is 0 Å². The number of aryl methyl sites for hydroxylation is 1. The molecule has 2 aromatic rings. The van der Waals surface area contributed by atoms with Crippen LogP contribution < -0.4 is 10.6 Å². The summed E-state index contributed by atoms with van der Waals surface area (Å²) < 4.78 is 5.34. The number of pyridine rings is 1. The molecule has 0 aliphatic heterocycles. The molecule has 0 radical (unpaired) electrons. The second kappa shape index (κ2) is 5.69. The molecule has 4 heteroatoms. The van der Waals surface area contributed by atoms with Gasteiger partial charge in [0.15, 0.2) is 0 Å². The summed E-state index contributed by atoms with van der Waals surface area (Å²) in [5, 5.41) is 0. The molecule has 0 saturated heterocycles. The van der Waals surface area contributed by atoms with Gasteiger partial charge in [-0.25, -0.2) is 4.98 Å². The van der Waals surface area contributed by atoms with Gasteiger partial charge in [-0.15, -0.1) is 0 Å². The van der Waals surface area contributed by atoms with Crippen molar-refractivity contribution in [1.82, 2.24) is 4.98 Å². The number of hydrogen-bond acceptors (Lipinski definition) is 4. The molecule has 0 aliphatic carbocycles. The number of nitrogens with zero attached hydrogens (tertiary/aromatic N) is 2. The summed E-state index contributed by atoms with van der Waals surface area (Å²) in [4.78, 5) is 6.59. The van der Waals surface area contributed by atoms with Gasteiger partial charge in [-0.2, -0.15) is 0 Å². The molecule has 2 N–H and O–H groups in total. The maximum Gasteiger partial charge on any atom is 0.131 e. The van der Waals surface area contributed by atoms with Crippen LogP contribution in [0.15, 0.2) is 35.1 Å². The minimum Gasteiger partial charge on any atom is -0.467 e. The molecule has 2 rings (SSSR count). The summed E-state index contributed by atoms with van der Waals surface area (Å²) in [5.41, 5.74) is 7.90. The van der Waals surface area contributed by atoms with Gasteiger partial charge in [0.2, 0.25) is 0 Å². The second-order valence-electron chi connectivity index (χ2n) is 4.46. The topological polar surface area (TPSA) is 55.3 Å². The zero-order valence-corrected chi connectivity index (χ0v) is 10.9. The Morgan fingerprint density at radius 1 is 1.44 bits per heavy atom. The van der Waals surface area contributed by atoms with E-state index >= 15 is 0 Å². The lowest BCUT2D eigenvalue weighted by molar-refractivity contribution is 0.507. The summed E-state index contributed by atoms with van der Waals surface area (Å²) in [6.45, 7) is 3.45. The highest BCUT2D eigenvalue weighted by atomic mass is 16.3. The summed E-state index contributed by atoms with van der Waals surface area (Å²) in [5.74, 6) is 1.91. The Morgan fingerprint density at radius 3 is 2.89 bits per heavy atom. The number of furan rings is 1. The van der Waals surface area contributed by atoms with E-state index in [-0.39, 0.29) is 0 Å². The van der Waals surface area contributed by atoms with Gasteiger partial charge >= 0.3 is 0 Å².